The van der Waals surface area contributed by atoms with Crippen LogP contribution in [0, 0.1) is 0 Å². The van der Waals surface area contributed by atoms with Gasteiger partial charge in [-0.25, -0.2) is 0 Å². The van der Waals surface area contributed by atoms with E-state index in [0.29, 0.717) is 5.57 Å². The van der Waals surface area contributed by atoms with E-state index in [1.54, 1.807) is 6.92 Å². The van der Waals surface area contributed by atoms with Gasteiger partial charge in [0.1, 0.15) is 5.76 Å². The Bertz CT molecular complexity index is 134. The van der Waals surface area contributed by atoms with Crippen molar-refractivity contribution in [1.29, 1.82) is 0 Å². The van der Waals surface area contributed by atoms with Gasteiger partial charge in [-0.2, -0.15) is 0 Å². The largest absolute Gasteiger partial charge is 0.512 e. The molecule has 2 nitrogen and oxygen atoms in total. The van der Waals surface area contributed by atoms with Crippen molar-refractivity contribution in [2.75, 3.05) is 0 Å². The minimum absolute atomic E-state index is 0. The van der Waals surface area contributed by atoms with Crippen LogP contribution in [-0.4, -0.2) is 15.7 Å². The number of ketones is 1. The number of aliphatic hydroxyl groups excluding tert-OH is 1. The quantitative estimate of drug-likeness (QED) is 0.444. The van der Waals surface area contributed by atoms with Crippen LogP contribution in [0.2, 0.25) is 0 Å². The standard InChI is InChI=1S/C6H10O2.Ir/c1-4(5(2)7)6(3)8;/h7H,1-3H3;/p+1/b5-4-;. The van der Waals surface area contributed by atoms with E-state index in [0.717, 1.165) is 0 Å². The molecule has 0 aromatic carbocycles. The number of hydrogen-bond acceptors (Lipinski definition) is 1. The van der Waals surface area contributed by atoms with E-state index in [4.69, 9.17) is 9.90 Å². The third-order valence-corrected chi connectivity index (χ3v) is 1.09. The number of aliphatic hydroxyl groups is 1. The van der Waals surface area contributed by atoms with E-state index in [-0.39, 0.29) is 31.6 Å². The smallest absolute Gasteiger partial charge is 0.319 e. The molecule has 55 valence electrons. The van der Waals surface area contributed by atoms with Gasteiger partial charge < -0.3 is 5.11 Å². The van der Waals surface area contributed by atoms with E-state index in [1.165, 1.54) is 13.8 Å². The minimum Gasteiger partial charge on any atom is -0.512 e. The summed E-state index contributed by atoms with van der Waals surface area (Å²) in [4.78, 5) is 8.69. The third-order valence-electron chi connectivity index (χ3n) is 1.09. The summed E-state index contributed by atoms with van der Waals surface area (Å²) in [6, 6.07) is 0. The summed E-state index contributed by atoms with van der Waals surface area (Å²) in [5.41, 5.74) is 0.546. The molecule has 0 aromatic rings. The molecule has 3 heteroatoms. The Kier molecular flexibility index (Phi) is 6.09. The number of allylic oxidation sites excluding steroid dienone is 2. The predicted molar refractivity (Wildman–Crippen MR) is 33.6 cm³/mol. The topological polar surface area (TPSA) is 41.6 Å². The fourth-order valence-electron chi connectivity index (χ4n) is 0.262. The first-order chi connectivity index (χ1) is 3.55. The van der Waals surface area contributed by atoms with Gasteiger partial charge in [0.05, 0.1) is 12.5 Å². The monoisotopic (exact) mass is 308 g/mol. The van der Waals surface area contributed by atoms with Gasteiger partial charge in [-0.1, -0.05) is 0 Å². The van der Waals surface area contributed by atoms with E-state index in [2.05, 4.69) is 0 Å². The molecule has 0 atom stereocenters. The SMILES string of the molecule is CC(=[OH+])/C(C)=C(/C)O.[Ir]. The van der Waals surface area contributed by atoms with Crippen LogP contribution in [0.3, 0.4) is 0 Å². The minimum atomic E-state index is 0. The summed E-state index contributed by atoms with van der Waals surface area (Å²) in [6.45, 7) is 4.73. The van der Waals surface area contributed by atoms with Gasteiger partial charge in [-0.05, 0) is 13.8 Å². The van der Waals surface area contributed by atoms with Crippen LogP contribution < -0.4 is 0 Å². The van der Waals surface area contributed by atoms with E-state index < -0.39 is 0 Å². The molecule has 0 aliphatic rings. The zero-order chi connectivity index (χ0) is 6.73. The molecule has 2 N–H and O–H groups in total. The van der Waals surface area contributed by atoms with Crippen molar-refractivity contribution in [3.63, 3.8) is 0 Å². The molecule has 0 unspecified atom stereocenters. The Hall–Kier alpha value is -0.141. The van der Waals surface area contributed by atoms with Gasteiger partial charge in [0.15, 0.2) is 0 Å². The Morgan fingerprint density at radius 3 is 1.56 bits per heavy atom. The molecule has 0 bridgehead atoms. The molecule has 0 aromatic heterocycles. The van der Waals surface area contributed by atoms with Crippen LogP contribution in [0.15, 0.2) is 11.3 Å². The maximum atomic E-state index is 8.69. The maximum absolute atomic E-state index is 8.69. The first-order valence-corrected chi connectivity index (χ1v) is 2.45. The molecule has 1 radical (unpaired) electrons. The van der Waals surface area contributed by atoms with Crippen molar-refractivity contribution in [2.45, 2.75) is 20.8 Å². The van der Waals surface area contributed by atoms with Crippen molar-refractivity contribution in [3.05, 3.63) is 11.3 Å². The summed E-state index contributed by atoms with van der Waals surface area (Å²) in [5.74, 6) is 0.343. The summed E-state index contributed by atoms with van der Waals surface area (Å²) >= 11 is 0. The van der Waals surface area contributed by atoms with Gasteiger partial charge in [-0.15, -0.1) is 0 Å². The fraction of sp³-hybridized carbons (Fsp3) is 0.500. The van der Waals surface area contributed by atoms with Crippen LogP contribution in [0.1, 0.15) is 20.8 Å². The Labute approximate surface area is 68.3 Å². The van der Waals surface area contributed by atoms with Gasteiger partial charge in [0, 0.05) is 20.1 Å². The van der Waals surface area contributed by atoms with Crippen molar-refractivity contribution in [1.82, 2.24) is 0 Å². The number of hydrogen-bond donors (Lipinski definition) is 1. The summed E-state index contributed by atoms with van der Waals surface area (Å²) in [7, 11) is 0. The molecule has 0 amide bonds. The normalized spacial score (nSPS) is 11.4. The first-order valence-electron chi connectivity index (χ1n) is 2.45. The summed E-state index contributed by atoms with van der Waals surface area (Å²) < 4.78 is 0. The second-order valence-corrected chi connectivity index (χ2v) is 1.80. The molecular formula is C6H11IrO2+. The average Bonchev–Trinajstić information content (AvgIpc) is 1.64. The maximum Gasteiger partial charge on any atom is 0.319 e. The molecule has 0 spiro atoms. The van der Waals surface area contributed by atoms with Crippen LogP contribution >= 0.6 is 0 Å². The molecule has 0 aliphatic carbocycles. The molecule has 9 heavy (non-hydrogen) atoms. The van der Waals surface area contributed by atoms with Gasteiger partial charge >= 0.3 is 5.78 Å². The van der Waals surface area contributed by atoms with Gasteiger partial charge in [0.2, 0.25) is 0 Å². The number of rotatable bonds is 1. The third kappa shape index (κ3) is 4.37. The first kappa shape index (κ1) is 11.6. The predicted octanol–water partition coefficient (Wildman–Crippen LogP) is 1.40. The zero-order valence-electron chi connectivity index (χ0n) is 5.73. The average molecular weight is 307 g/mol. The van der Waals surface area contributed by atoms with Gasteiger partial charge in [0.25, 0.3) is 0 Å². The Balaban J connectivity index is 0. The zero-order valence-corrected chi connectivity index (χ0v) is 8.12. The Morgan fingerprint density at radius 1 is 1.22 bits per heavy atom. The van der Waals surface area contributed by atoms with Crippen molar-refractivity contribution >= 4 is 5.78 Å². The summed E-state index contributed by atoms with van der Waals surface area (Å²) in [5, 5.41) is 8.69. The van der Waals surface area contributed by atoms with Gasteiger partial charge in [-0.3, -0.25) is 4.79 Å². The molecule has 0 heterocycles. The Morgan fingerprint density at radius 2 is 1.56 bits per heavy atom. The van der Waals surface area contributed by atoms with Crippen LogP contribution in [0.4, 0.5) is 0 Å². The van der Waals surface area contributed by atoms with E-state index >= 15 is 0 Å². The van der Waals surface area contributed by atoms with Crippen molar-refractivity contribution in [3.8, 4) is 0 Å². The molecule has 0 rings (SSSR count). The van der Waals surface area contributed by atoms with Crippen molar-refractivity contribution < 1.29 is 30.0 Å². The van der Waals surface area contributed by atoms with E-state index in [9.17, 15) is 0 Å². The second kappa shape index (κ2) is 4.71. The van der Waals surface area contributed by atoms with E-state index in [1.807, 2.05) is 0 Å². The molecule has 0 fully saturated rings. The van der Waals surface area contributed by atoms with Crippen LogP contribution in [-0.2, 0) is 20.1 Å². The molecule has 0 saturated heterocycles. The van der Waals surface area contributed by atoms with Crippen molar-refractivity contribution in [2.24, 2.45) is 0 Å². The second-order valence-electron chi connectivity index (χ2n) is 1.80. The van der Waals surface area contributed by atoms with Crippen LogP contribution in [0.25, 0.3) is 0 Å². The summed E-state index contributed by atoms with van der Waals surface area (Å²) in [6.07, 6.45) is 0. The van der Waals surface area contributed by atoms with Crippen LogP contribution in [0.5, 0.6) is 0 Å². The molecular weight excluding hydrogens is 296 g/mol. The molecule has 0 aliphatic heterocycles. The molecule has 0 saturated carbocycles. The fourth-order valence-corrected chi connectivity index (χ4v) is 0.262. The number of carbonyl (C=O) groups excluding carboxylic acids is 1.